The average molecular weight is 272 g/mol. The first-order chi connectivity index (χ1) is 7.74. The van der Waals surface area contributed by atoms with Crippen molar-refractivity contribution in [3.63, 3.8) is 0 Å². The Hall–Kier alpha value is -1.70. The Morgan fingerprint density at radius 1 is 1.47 bits per heavy atom. The highest BCUT2D eigenvalue weighted by Crippen LogP contribution is 2.27. The fourth-order valence-corrected chi connectivity index (χ4v) is 1.09. The molecule has 94 valence electrons. The highest BCUT2D eigenvalue weighted by molar-refractivity contribution is 6.67. The minimum absolute atomic E-state index is 0.400. The summed E-state index contributed by atoms with van der Waals surface area (Å²) in [5.41, 5.74) is -1.58. The Bertz CT molecular complexity index is 497. The zero-order valence-electron chi connectivity index (χ0n) is 8.22. The highest BCUT2D eigenvalue weighted by Gasteiger charge is 2.34. The van der Waals surface area contributed by atoms with Crippen molar-refractivity contribution in [3.05, 3.63) is 22.0 Å². The van der Waals surface area contributed by atoms with Crippen molar-refractivity contribution in [2.24, 2.45) is 0 Å². The molecule has 0 fully saturated rings. The number of halogens is 4. The van der Waals surface area contributed by atoms with Gasteiger partial charge < -0.3 is 14.5 Å². The van der Waals surface area contributed by atoms with Gasteiger partial charge in [0, 0.05) is 6.07 Å². The molecule has 0 unspecified atom stereocenters. The molecule has 1 heterocycles. The molecule has 1 aromatic rings. The molecule has 0 aliphatic heterocycles. The van der Waals surface area contributed by atoms with E-state index in [0.717, 1.165) is 7.11 Å². The number of aromatic nitrogens is 1. The van der Waals surface area contributed by atoms with Crippen molar-refractivity contribution in [3.8, 4) is 11.6 Å². The Kier molecular flexibility index (Phi) is 3.66. The van der Waals surface area contributed by atoms with Gasteiger partial charge in [0.15, 0.2) is 0 Å². The van der Waals surface area contributed by atoms with Gasteiger partial charge in [-0.05, 0) is 11.6 Å². The van der Waals surface area contributed by atoms with Crippen LogP contribution in [0.25, 0.3) is 0 Å². The maximum Gasteiger partial charge on any atom is 0.573 e. The van der Waals surface area contributed by atoms with Crippen LogP contribution in [0.5, 0.6) is 11.6 Å². The van der Waals surface area contributed by atoms with Crippen LogP contribution in [0.2, 0.25) is 0 Å². The van der Waals surface area contributed by atoms with E-state index >= 15 is 0 Å². The molecule has 0 saturated carbocycles. The number of methoxy groups -OCH3 is 1. The number of aromatic amines is 1. The molecule has 0 bridgehead atoms. The zero-order chi connectivity index (χ0) is 13.2. The van der Waals surface area contributed by atoms with Gasteiger partial charge in [0.25, 0.3) is 5.24 Å². The summed E-state index contributed by atoms with van der Waals surface area (Å²) in [7, 11) is 0.997. The van der Waals surface area contributed by atoms with Crippen molar-refractivity contribution < 1.29 is 27.4 Å². The molecular formula is C8H5ClF3NO4. The summed E-state index contributed by atoms with van der Waals surface area (Å²) in [6.07, 6.45) is -5.05. The fraction of sp³-hybridized carbons (Fsp3) is 0.250. The molecule has 0 spiro atoms. The third-order valence-electron chi connectivity index (χ3n) is 1.59. The summed E-state index contributed by atoms with van der Waals surface area (Å²) < 4.78 is 43.9. The molecule has 1 N–H and O–H groups in total. The SMILES string of the molecule is COc1[nH]c(C(=O)Cl)cc(=O)c1OC(F)(F)F. The van der Waals surface area contributed by atoms with Gasteiger partial charge in [0.2, 0.25) is 17.1 Å². The molecule has 0 radical (unpaired) electrons. The molecule has 0 aliphatic carbocycles. The number of ether oxygens (including phenoxy) is 2. The van der Waals surface area contributed by atoms with E-state index in [1.165, 1.54) is 0 Å². The van der Waals surface area contributed by atoms with Gasteiger partial charge in [-0.25, -0.2) is 0 Å². The lowest BCUT2D eigenvalue weighted by Gasteiger charge is -2.11. The van der Waals surface area contributed by atoms with Gasteiger partial charge in [-0.3, -0.25) is 9.59 Å². The van der Waals surface area contributed by atoms with E-state index in [1.54, 1.807) is 0 Å². The standard InChI is InChI=1S/C8H5ClF3NO4/c1-16-7-5(17-8(10,11)12)4(14)2-3(13-7)6(9)15/h2H,1H3,(H,13,14). The van der Waals surface area contributed by atoms with Crippen LogP contribution in [0.3, 0.4) is 0 Å². The van der Waals surface area contributed by atoms with E-state index in [-0.39, 0.29) is 0 Å². The Morgan fingerprint density at radius 2 is 2.06 bits per heavy atom. The van der Waals surface area contributed by atoms with Gasteiger partial charge >= 0.3 is 6.36 Å². The quantitative estimate of drug-likeness (QED) is 0.849. The van der Waals surface area contributed by atoms with Crippen LogP contribution in [0, 0.1) is 0 Å². The maximum atomic E-state index is 12.0. The number of carbonyl (C=O) groups excluding carboxylic acids is 1. The zero-order valence-corrected chi connectivity index (χ0v) is 8.98. The lowest BCUT2D eigenvalue weighted by Crippen LogP contribution is -2.23. The predicted molar refractivity (Wildman–Crippen MR) is 50.5 cm³/mol. The van der Waals surface area contributed by atoms with E-state index in [0.29, 0.717) is 6.07 Å². The van der Waals surface area contributed by atoms with Crippen LogP contribution in [-0.2, 0) is 0 Å². The number of pyridine rings is 1. The summed E-state index contributed by atoms with van der Waals surface area (Å²) in [6, 6.07) is 0.582. The Morgan fingerprint density at radius 3 is 2.47 bits per heavy atom. The highest BCUT2D eigenvalue weighted by atomic mass is 35.5. The molecule has 1 rings (SSSR count). The van der Waals surface area contributed by atoms with Crippen LogP contribution in [0.15, 0.2) is 10.9 Å². The summed E-state index contributed by atoms with van der Waals surface area (Å²) in [6.45, 7) is 0. The molecule has 5 nitrogen and oxygen atoms in total. The van der Waals surface area contributed by atoms with E-state index < -0.39 is 34.4 Å². The molecule has 0 aromatic carbocycles. The minimum Gasteiger partial charge on any atom is -0.480 e. The van der Waals surface area contributed by atoms with Crippen LogP contribution < -0.4 is 14.9 Å². The normalized spacial score (nSPS) is 11.1. The topological polar surface area (TPSA) is 68.4 Å². The van der Waals surface area contributed by atoms with Crippen LogP contribution in [-0.4, -0.2) is 23.7 Å². The number of alkyl halides is 3. The van der Waals surface area contributed by atoms with Gasteiger partial charge in [-0.1, -0.05) is 0 Å². The van der Waals surface area contributed by atoms with Crippen LogP contribution in [0.1, 0.15) is 10.5 Å². The lowest BCUT2D eigenvalue weighted by atomic mass is 10.3. The lowest BCUT2D eigenvalue weighted by molar-refractivity contribution is -0.275. The van der Waals surface area contributed by atoms with Gasteiger partial charge in [-0.2, -0.15) is 0 Å². The second-order valence-electron chi connectivity index (χ2n) is 2.73. The number of rotatable bonds is 3. The minimum atomic E-state index is -5.05. The second-order valence-corrected chi connectivity index (χ2v) is 3.07. The van der Waals surface area contributed by atoms with Gasteiger partial charge in [0.1, 0.15) is 5.69 Å². The van der Waals surface area contributed by atoms with E-state index in [1.807, 2.05) is 0 Å². The van der Waals surface area contributed by atoms with Crippen molar-refractivity contribution in [2.45, 2.75) is 6.36 Å². The molecule has 0 saturated heterocycles. The maximum absolute atomic E-state index is 12.0. The van der Waals surface area contributed by atoms with Gasteiger partial charge in [0.05, 0.1) is 7.11 Å². The van der Waals surface area contributed by atoms with Crippen molar-refractivity contribution in [2.75, 3.05) is 7.11 Å². The molecule has 0 amide bonds. The summed E-state index contributed by atoms with van der Waals surface area (Å²) >= 11 is 5.06. The first kappa shape index (κ1) is 13.4. The number of H-pyrrole nitrogens is 1. The van der Waals surface area contributed by atoms with E-state index in [9.17, 15) is 22.8 Å². The molecule has 0 aliphatic rings. The molecule has 0 atom stereocenters. The number of carbonyl (C=O) groups is 1. The third-order valence-corrected chi connectivity index (χ3v) is 1.79. The first-order valence-electron chi connectivity index (χ1n) is 4.01. The van der Waals surface area contributed by atoms with E-state index in [2.05, 4.69) is 14.5 Å². The number of hydrogen-bond acceptors (Lipinski definition) is 4. The second kappa shape index (κ2) is 4.66. The monoisotopic (exact) mass is 271 g/mol. The van der Waals surface area contributed by atoms with Crippen molar-refractivity contribution in [1.29, 1.82) is 0 Å². The number of hydrogen-bond donors (Lipinski definition) is 1. The molecule has 17 heavy (non-hydrogen) atoms. The molecular weight excluding hydrogens is 267 g/mol. The summed E-state index contributed by atoms with van der Waals surface area (Å²) in [4.78, 5) is 24.1. The van der Waals surface area contributed by atoms with Crippen molar-refractivity contribution >= 4 is 16.8 Å². The molecule has 1 aromatic heterocycles. The predicted octanol–water partition coefficient (Wildman–Crippen LogP) is 1.66. The smallest absolute Gasteiger partial charge is 0.480 e. The third kappa shape index (κ3) is 3.38. The van der Waals surface area contributed by atoms with Crippen LogP contribution in [0.4, 0.5) is 13.2 Å². The van der Waals surface area contributed by atoms with Crippen LogP contribution >= 0.6 is 11.6 Å². The largest absolute Gasteiger partial charge is 0.573 e. The van der Waals surface area contributed by atoms with Crippen molar-refractivity contribution in [1.82, 2.24) is 4.98 Å². The Labute approximate surface area is 97.1 Å². The first-order valence-corrected chi connectivity index (χ1v) is 4.39. The van der Waals surface area contributed by atoms with E-state index in [4.69, 9.17) is 11.6 Å². The average Bonchev–Trinajstić information content (AvgIpc) is 2.18. The number of nitrogens with one attached hydrogen (secondary N) is 1. The molecule has 9 heteroatoms. The Balaban J connectivity index is 3.32. The van der Waals surface area contributed by atoms with Gasteiger partial charge in [-0.15, -0.1) is 13.2 Å². The fourth-order valence-electron chi connectivity index (χ4n) is 0.986. The summed E-state index contributed by atoms with van der Waals surface area (Å²) in [5.74, 6) is -1.74. The summed E-state index contributed by atoms with van der Waals surface area (Å²) in [5, 5.41) is -1.04.